The predicted octanol–water partition coefficient (Wildman–Crippen LogP) is 1.56. The fourth-order valence-electron chi connectivity index (χ4n) is 1.56. The minimum Gasteiger partial charge on any atom is -0.490 e. The standard InChI is InChI=1S/C11H16N2O3S/c1-3-9-10(16-8-4-5-8)6-7-12-11(9)13-17(2,14)15/h6-8H,3-5H2,1-2H3,(H,12,13). The van der Waals surface area contributed by atoms with Gasteiger partial charge in [0, 0.05) is 11.8 Å². The maximum Gasteiger partial charge on any atom is 0.230 e. The minimum absolute atomic E-state index is 0.286. The van der Waals surface area contributed by atoms with Gasteiger partial charge in [0.2, 0.25) is 10.0 Å². The lowest BCUT2D eigenvalue weighted by Crippen LogP contribution is -2.13. The second-order valence-corrected chi connectivity index (χ2v) is 5.93. The van der Waals surface area contributed by atoms with E-state index < -0.39 is 10.0 Å². The van der Waals surface area contributed by atoms with Crippen LogP contribution in [0.4, 0.5) is 5.82 Å². The van der Waals surface area contributed by atoms with Gasteiger partial charge in [0.25, 0.3) is 0 Å². The van der Waals surface area contributed by atoms with E-state index >= 15 is 0 Å². The highest BCUT2D eigenvalue weighted by Gasteiger charge is 2.25. The first-order valence-corrected chi connectivity index (χ1v) is 7.51. The van der Waals surface area contributed by atoms with Gasteiger partial charge in [0.05, 0.1) is 12.4 Å². The molecule has 94 valence electrons. The molecule has 17 heavy (non-hydrogen) atoms. The lowest BCUT2D eigenvalue weighted by Gasteiger charge is -2.13. The average Bonchev–Trinajstić information content (AvgIpc) is 2.99. The molecule has 2 rings (SSSR count). The van der Waals surface area contributed by atoms with E-state index in [-0.39, 0.29) is 6.10 Å². The number of ether oxygens (including phenoxy) is 1. The van der Waals surface area contributed by atoms with E-state index in [9.17, 15) is 8.42 Å². The summed E-state index contributed by atoms with van der Waals surface area (Å²) in [7, 11) is -3.31. The van der Waals surface area contributed by atoms with Gasteiger partial charge in [0.1, 0.15) is 11.6 Å². The van der Waals surface area contributed by atoms with E-state index in [2.05, 4.69) is 9.71 Å². The number of sulfonamides is 1. The smallest absolute Gasteiger partial charge is 0.230 e. The van der Waals surface area contributed by atoms with E-state index in [1.54, 1.807) is 12.3 Å². The molecule has 0 bridgehead atoms. The zero-order chi connectivity index (χ0) is 12.5. The van der Waals surface area contributed by atoms with E-state index in [0.717, 1.165) is 30.4 Å². The van der Waals surface area contributed by atoms with Crippen molar-refractivity contribution in [1.82, 2.24) is 4.98 Å². The molecule has 0 aromatic carbocycles. The minimum atomic E-state index is -3.31. The summed E-state index contributed by atoms with van der Waals surface area (Å²) < 4.78 is 30.6. The number of pyridine rings is 1. The van der Waals surface area contributed by atoms with Gasteiger partial charge in [0.15, 0.2) is 0 Å². The van der Waals surface area contributed by atoms with Crippen LogP contribution in [0.1, 0.15) is 25.3 Å². The lowest BCUT2D eigenvalue weighted by molar-refractivity contribution is 0.300. The summed E-state index contributed by atoms with van der Waals surface area (Å²) in [6.45, 7) is 1.95. The number of hydrogen-bond donors (Lipinski definition) is 1. The maximum atomic E-state index is 11.2. The summed E-state index contributed by atoms with van der Waals surface area (Å²) in [4.78, 5) is 4.05. The second kappa shape index (κ2) is 4.52. The fraction of sp³-hybridized carbons (Fsp3) is 0.545. The lowest BCUT2D eigenvalue weighted by atomic mass is 10.2. The molecule has 1 heterocycles. The van der Waals surface area contributed by atoms with Gasteiger partial charge in [-0.15, -0.1) is 0 Å². The quantitative estimate of drug-likeness (QED) is 0.868. The van der Waals surface area contributed by atoms with Crippen LogP contribution in [0.15, 0.2) is 12.3 Å². The average molecular weight is 256 g/mol. The van der Waals surface area contributed by atoms with Crippen LogP contribution in [0.5, 0.6) is 5.75 Å². The summed E-state index contributed by atoms with van der Waals surface area (Å²) >= 11 is 0. The maximum absolute atomic E-state index is 11.2. The molecule has 0 saturated heterocycles. The van der Waals surface area contributed by atoms with Crippen molar-refractivity contribution in [2.45, 2.75) is 32.3 Å². The molecule has 0 amide bonds. The Morgan fingerprint density at radius 1 is 1.53 bits per heavy atom. The van der Waals surface area contributed by atoms with Crippen LogP contribution in [0.3, 0.4) is 0 Å². The molecule has 1 fully saturated rings. The molecule has 0 radical (unpaired) electrons. The monoisotopic (exact) mass is 256 g/mol. The van der Waals surface area contributed by atoms with Gasteiger partial charge >= 0.3 is 0 Å². The van der Waals surface area contributed by atoms with Crippen molar-refractivity contribution in [3.8, 4) is 5.75 Å². The number of anilines is 1. The largest absolute Gasteiger partial charge is 0.490 e. The summed E-state index contributed by atoms with van der Waals surface area (Å²) in [5, 5.41) is 0. The third kappa shape index (κ3) is 3.33. The van der Waals surface area contributed by atoms with Crippen molar-refractivity contribution in [2.75, 3.05) is 11.0 Å². The Morgan fingerprint density at radius 2 is 2.24 bits per heavy atom. The Bertz CT molecular complexity index is 509. The molecule has 1 aliphatic carbocycles. The summed E-state index contributed by atoms with van der Waals surface area (Å²) in [5.41, 5.74) is 0.810. The second-order valence-electron chi connectivity index (χ2n) is 4.18. The zero-order valence-electron chi connectivity index (χ0n) is 9.93. The van der Waals surface area contributed by atoms with Crippen LogP contribution in [0, 0.1) is 0 Å². The van der Waals surface area contributed by atoms with Gasteiger partial charge in [-0.1, -0.05) is 6.92 Å². The Balaban J connectivity index is 2.30. The molecule has 6 heteroatoms. The van der Waals surface area contributed by atoms with Crippen LogP contribution in [0.25, 0.3) is 0 Å². The normalized spacial score (nSPS) is 15.6. The molecule has 1 aliphatic rings. The molecule has 0 unspecified atom stereocenters. The predicted molar refractivity (Wildman–Crippen MR) is 65.7 cm³/mol. The van der Waals surface area contributed by atoms with Crippen LogP contribution in [0.2, 0.25) is 0 Å². The fourth-order valence-corrected chi connectivity index (χ4v) is 2.08. The molecular weight excluding hydrogens is 240 g/mol. The topological polar surface area (TPSA) is 68.3 Å². The van der Waals surface area contributed by atoms with E-state index in [0.29, 0.717) is 12.2 Å². The van der Waals surface area contributed by atoms with Crippen LogP contribution >= 0.6 is 0 Å². The number of nitrogens with one attached hydrogen (secondary N) is 1. The molecule has 1 aromatic heterocycles. The Kier molecular flexibility index (Phi) is 3.24. The number of hydrogen-bond acceptors (Lipinski definition) is 4. The third-order valence-electron chi connectivity index (χ3n) is 2.47. The zero-order valence-corrected chi connectivity index (χ0v) is 10.8. The van der Waals surface area contributed by atoms with Crippen molar-refractivity contribution in [3.05, 3.63) is 17.8 Å². The van der Waals surface area contributed by atoms with E-state index in [1.807, 2.05) is 6.92 Å². The van der Waals surface area contributed by atoms with E-state index in [1.165, 1.54) is 0 Å². The molecule has 1 saturated carbocycles. The Labute approximate surface area is 101 Å². The van der Waals surface area contributed by atoms with Gasteiger partial charge in [-0.2, -0.15) is 0 Å². The third-order valence-corrected chi connectivity index (χ3v) is 3.03. The van der Waals surface area contributed by atoms with Crippen LogP contribution < -0.4 is 9.46 Å². The van der Waals surface area contributed by atoms with Crippen molar-refractivity contribution in [2.24, 2.45) is 0 Å². The van der Waals surface area contributed by atoms with E-state index in [4.69, 9.17) is 4.74 Å². The molecule has 0 aliphatic heterocycles. The van der Waals surface area contributed by atoms with Gasteiger partial charge in [-0.25, -0.2) is 13.4 Å². The van der Waals surface area contributed by atoms with Gasteiger partial charge in [-0.3, -0.25) is 4.72 Å². The van der Waals surface area contributed by atoms with Gasteiger partial charge < -0.3 is 4.74 Å². The number of rotatable bonds is 5. The van der Waals surface area contributed by atoms with Crippen molar-refractivity contribution >= 4 is 15.8 Å². The van der Waals surface area contributed by atoms with Crippen LogP contribution in [-0.4, -0.2) is 25.8 Å². The summed E-state index contributed by atoms with van der Waals surface area (Å²) in [5.74, 6) is 1.10. The van der Waals surface area contributed by atoms with Gasteiger partial charge in [-0.05, 0) is 25.3 Å². The highest BCUT2D eigenvalue weighted by molar-refractivity contribution is 7.92. The molecule has 1 aromatic rings. The first kappa shape index (κ1) is 12.2. The van der Waals surface area contributed by atoms with Crippen LogP contribution in [-0.2, 0) is 16.4 Å². The molecular formula is C11H16N2O3S. The molecule has 5 nitrogen and oxygen atoms in total. The first-order valence-electron chi connectivity index (χ1n) is 5.62. The first-order chi connectivity index (χ1) is 7.99. The highest BCUT2D eigenvalue weighted by Crippen LogP contribution is 2.32. The SMILES string of the molecule is CCc1c(OC2CC2)ccnc1NS(C)(=O)=O. The highest BCUT2D eigenvalue weighted by atomic mass is 32.2. The number of aromatic nitrogens is 1. The molecule has 0 spiro atoms. The summed E-state index contributed by atoms with van der Waals surface area (Å²) in [6, 6.07) is 1.78. The van der Waals surface area contributed by atoms with Crippen molar-refractivity contribution in [3.63, 3.8) is 0 Å². The number of nitrogens with zero attached hydrogens (tertiary/aromatic N) is 1. The Morgan fingerprint density at radius 3 is 2.76 bits per heavy atom. The molecule has 0 atom stereocenters. The molecule has 1 N–H and O–H groups in total. The van der Waals surface area contributed by atoms with Crippen molar-refractivity contribution < 1.29 is 13.2 Å². The van der Waals surface area contributed by atoms with Crippen molar-refractivity contribution in [1.29, 1.82) is 0 Å². The Hall–Kier alpha value is -1.30. The summed E-state index contributed by atoms with van der Waals surface area (Å²) in [6.07, 6.45) is 5.77.